The van der Waals surface area contributed by atoms with Crippen LogP contribution in [-0.4, -0.2) is 27.7 Å². The van der Waals surface area contributed by atoms with E-state index in [1.807, 2.05) is 30.3 Å². The highest BCUT2D eigenvalue weighted by Gasteiger charge is 2.23. The third-order valence-electron chi connectivity index (χ3n) is 7.85. The second-order valence-electron chi connectivity index (χ2n) is 10.5. The van der Waals surface area contributed by atoms with Gasteiger partial charge in [0.15, 0.2) is 0 Å². The van der Waals surface area contributed by atoms with E-state index in [0.29, 0.717) is 6.04 Å². The van der Waals surface area contributed by atoms with Crippen molar-refractivity contribution in [3.63, 3.8) is 0 Å². The Morgan fingerprint density at radius 3 is 2.34 bits per heavy atom. The van der Waals surface area contributed by atoms with Crippen molar-refractivity contribution >= 4 is 40.4 Å². The van der Waals surface area contributed by atoms with Crippen LogP contribution in [0.4, 0.5) is 0 Å². The maximum atomic E-state index is 11.6. The van der Waals surface area contributed by atoms with Crippen molar-refractivity contribution in [1.82, 2.24) is 9.55 Å². The molecule has 6 rings (SSSR count). The van der Waals surface area contributed by atoms with Gasteiger partial charge in [-0.15, -0.1) is 11.8 Å². The van der Waals surface area contributed by atoms with Gasteiger partial charge in [-0.3, -0.25) is 0 Å². The second-order valence-corrected chi connectivity index (χ2v) is 11.9. The summed E-state index contributed by atoms with van der Waals surface area (Å²) >= 11 is 8.33. The van der Waals surface area contributed by atoms with E-state index in [2.05, 4.69) is 47.0 Å². The molecule has 0 atom stereocenters. The van der Waals surface area contributed by atoms with Crippen LogP contribution in [0.5, 0.6) is 5.75 Å². The molecule has 1 aromatic heterocycles. The first-order valence-electron chi connectivity index (χ1n) is 13.9. The van der Waals surface area contributed by atoms with Gasteiger partial charge in [-0.1, -0.05) is 61.2 Å². The largest absolute Gasteiger partial charge is 0.497 e. The fourth-order valence-electron chi connectivity index (χ4n) is 5.65. The van der Waals surface area contributed by atoms with Crippen LogP contribution in [-0.2, 0) is 5.75 Å². The van der Waals surface area contributed by atoms with Crippen LogP contribution in [0.1, 0.15) is 54.1 Å². The van der Waals surface area contributed by atoms with Gasteiger partial charge in [0.25, 0.3) is 0 Å². The molecule has 1 heterocycles. The van der Waals surface area contributed by atoms with E-state index < -0.39 is 5.97 Å². The molecule has 0 bridgehead atoms. The molecule has 1 aliphatic rings. The lowest BCUT2D eigenvalue weighted by Gasteiger charge is -2.25. The van der Waals surface area contributed by atoms with Crippen LogP contribution in [0.15, 0.2) is 89.8 Å². The second kappa shape index (κ2) is 12.0. The van der Waals surface area contributed by atoms with E-state index in [-0.39, 0.29) is 5.56 Å². The van der Waals surface area contributed by atoms with Gasteiger partial charge in [0.05, 0.1) is 23.7 Å². The van der Waals surface area contributed by atoms with Gasteiger partial charge in [0.1, 0.15) is 11.6 Å². The van der Waals surface area contributed by atoms with Crippen molar-refractivity contribution in [1.29, 1.82) is 0 Å². The van der Waals surface area contributed by atoms with E-state index in [1.165, 1.54) is 19.3 Å². The number of hydrogen-bond acceptors (Lipinski definition) is 4. The number of ether oxygens (including phenoxy) is 1. The number of nitrogens with zero attached hydrogens (tertiary/aromatic N) is 2. The molecular formula is C34H31ClN2O3S. The van der Waals surface area contributed by atoms with Gasteiger partial charge in [0, 0.05) is 27.3 Å². The van der Waals surface area contributed by atoms with Gasteiger partial charge in [-0.2, -0.15) is 0 Å². The number of imidazole rings is 1. The average Bonchev–Trinajstić information content (AvgIpc) is 3.40. The molecule has 0 aliphatic heterocycles. The van der Waals surface area contributed by atoms with Crippen LogP contribution in [0, 0.1) is 0 Å². The Hall–Kier alpha value is -3.74. The van der Waals surface area contributed by atoms with Crippen molar-refractivity contribution in [2.75, 3.05) is 7.11 Å². The lowest BCUT2D eigenvalue weighted by molar-refractivity contribution is 0.0697. The van der Waals surface area contributed by atoms with Gasteiger partial charge in [-0.05, 0) is 84.1 Å². The Morgan fingerprint density at radius 2 is 1.63 bits per heavy atom. The summed E-state index contributed by atoms with van der Waals surface area (Å²) in [5.41, 5.74) is 6.36. The quantitative estimate of drug-likeness (QED) is 0.185. The molecule has 5 nitrogen and oxygen atoms in total. The highest BCUT2D eigenvalue weighted by atomic mass is 35.5. The topological polar surface area (TPSA) is 64.3 Å². The van der Waals surface area contributed by atoms with Crippen LogP contribution < -0.4 is 4.74 Å². The Labute approximate surface area is 249 Å². The monoisotopic (exact) mass is 582 g/mol. The molecule has 41 heavy (non-hydrogen) atoms. The summed E-state index contributed by atoms with van der Waals surface area (Å²) in [4.78, 5) is 17.7. The van der Waals surface area contributed by atoms with E-state index in [0.717, 1.165) is 73.4 Å². The van der Waals surface area contributed by atoms with E-state index in [1.54, 1.807) is 31.0 Å². The van der Waals surface area contributed by atoms with Gasteiger partial charge < -0.3 is 14.4 Å². The van der Waals surface area contributed by atoms with Crippen molar-refractivity contribution < 1.29 is 14.6 Å². The summed E-state index contributed by atoms with van der Waals surface area (Å²) in [7, 11) is 1.67. The minimum Gasteiger partial charge on any atom is -0.497 e. The van der Waals surface area contributed by atoms with Gasteiger partial charge in [-0.25, -0.2) is 9.78 Å². The zero-order chi connectivity index (χ0) is 28.3. The fourth-order valence-corrected chi connectivity index (χ4v) is 6.81. The molecular weight excluding hydrogens is 552 g/mol. The molecule has 0 radical (unpaired) electrons. The first-order chi connectivity index (χ1) is 20.0. The number of benzene rings is 4. The number of hydrogen-bond donors (Lipinski definition) is 1. The van der Waals surface area contributed by atoms with Crippen LogP contribution >= 0.6 is 23.4 Å². The zero-order valence-electron chi connectivity index (χ0n) is 22.8. The first-order valence-corrected chi connectivity index (χ1v) is 15.3. The minimum absolute atomic E-state index is 0.263. The van der Waals surface area contributed by atoms with Crippen molar-refractivity contribution in [3.05, 3.63) is 101 Å². The molecule has 0 unspecified atom stereocenters. The van der Waals surface area contributed by atoms with Crippen LogP contribution in [0.2, 0.25) is 5.02 Å². The lowest BCUT2D eigenvalue weighted by atomic mass is 9.95. The summed E-state index contributed by atoms with van der Waals surface area (Å²) in [6, 6.07) is 28.4. The molecule has 7 heteroatoms. The Bertz CT molecular complexity index is 1690. The number of rotatable bonds is 8. The summed E-state index contributed by atoms with van der Waals surface area (Å²) in [5.74, 6) is 1.56. The third-order valence-corrected chi connectivity index (χ3v) is 9.28. The standard InChI is InChI=1S/C34H31ClN2O3S/c1-40-28-13-7-22(8-14-28)24-11-17-30(35)26(19-24)21-41-29-15-9-23(10-16-29)33-36-31-20-25(34(38)39)12-18-32(31)37(33)27-5-3-2-4-6-27/h7-20,27H,2-6,21H2,1H3,(H,38,39). The molecule has 0 spiro atoms. The minimum atomic E-state index is -0.934. The highest BCUT2D eigenvalue weighted by Crippen LogP contribution is 2.37. The predicted molar refractivity (Wildman–Crippen MR) is 167 cm³/mol. The van der Waals surface area contributed by atoms with Crippen molar-refractivity contribution in [3.8, 4) is 28.3 Å². The van der Waals surface area contributed by atoms with Crippen molar-refractivity contribution in [2.24, 2.45) is 0 Å². The molecule has 1 fully saturated rings. The normalized spacial score (nSPS) is 13.9. The molecule has 208 valence electrons. The molecule has 1 aliphatic carbocycles. The molecule has 0 saturated heterocycles. The zero-order valence-corrected chi connectivity index (χ0v) is 24.4. The Morgan fingerprint density at radius 1 is 0.927 bits per heavy atom. The van der Waals surface area contributed by atoms with Crippen molar-refractivity contribution in [2.45, 2.75) is 48.8 Å². The number of fused-ring (bicyclic) bond motifs is 1. The average molecular weight is 583 g/mol. The Balaban J connectivity index is 1.24. The number of carboxylic acid groups (broad SMARTS) is 1. The van der Waals surface area contributed by atoms with E-state index >= 15 is 0 Å². The number of aromatic carboxylic acids is 1. The van der Waals surface area contributed by atoms with E-state index in [9.17, 15) is 9.90 Å². The maximum absolute atomic E-state index is 11.6. The third kappa shape index (κ3) is 5.85. The fraction of sp³-hybridized carbons (Fsp3) is 0.235. The number of methoxy groups -OCH3 is 1. The molecule has 1 N–H and O–H groups in total. The molecule has 1 saturated carbocycles. The summed E-state index contributed by atoms with van der Waals surface area (Å²) in [5, 5.41) is 10.3. The number of halogens is 1. The van der Waals surface area contributed by atoms with Gasteiger partial charge >= 0.3 is 5.97 Å². The van der Waals surface area contributed by atoms with Crippen LogP contribution in [0.3, 0.4) is 0 Å². The number of thioether (sulfide) groups is 1. The summed E-state index contributed by atoms with van der Waals surface area (Å²) in [6.45, 7) is 0. The van der Waals surface area contributed by atoms with Crippen LogP contribution in [0.25, 0.3) is 33.5 Å². The Kier molecular flexibility index (Phi) is 8.04. The SMILES string of the molecule is COc1ccc(-c2ccc(Cl)c(CSc3ccc(-c4nc5cc(C(=O)O)ccc5n4C4CCCCC4)cc3)c2)cc1. The first kappa shape index (κ1) is 27.4. The number of aromatic nitrogens is 2. The highest BCUT2D eigenvalue weighted by molar-refractivity contribution is 7.98. The maximum Gasteiger partial charge on any atom is 0.335 e. The lowest BCUT2D eigenvalue weighted by Crippen LogP contribution is -2.14. The van der Waals surface area contributed by atoms with E-state index in [4.69, 9.17) is 21.3 Å². The molecule has 4 aromatic carbocycles. The number of carboxylic acids is 1. The summed E-state index contributed by atoms with van der Waals surface area (Å²) < 4.78 is 7.63. The predicted octanol–water partition coefficient (Wildman–Crippen LogP) is 9.53. The number of carbonyl (C=O) groups is 1. The van der Waals surface area contributed by atoms with Gasteiger partial charge in [0.2, 0.25) is 0 Å². The molecule has 5 aromatic rings. The smallest absolute Gasteiger partial charge is 0.335 e. The molecule has 0 amide bonds. The summed E-state index contributed by atoms with van der Waals surface area (Å²) in [6.07, 6.45) is 5.90.